The first-order valence-electron chi connectivity index (χ1n) is 11.0. The van der Waals surface area contributed by atoms with Gasteiger partial charge >= 0.3 is 0 Å². The molecule has 164 valence electrons. The molecule has 3 aromatic carbocycles. The molecule has 6 heteroatoms. The fourth-order valence-corrected chi connectivity index (χ4v) is 3.84. The Labute approximate surface area is 192 Å². The quantitative estimate of drug-likeness (QED) is 0.482. The van der Waals surface area contributed by atoms with E-state index in [-0.39, 0.29) is 5.91 Å². The van der Waals surface area contributed by atoms with Gasteiger partial charge in [-0.25, -0.2) is 0 Å². The molecule has 0 spiro atoms. The summed E-state index contributed by atoms with van der Waals surface area (Å²) >= 11 is 0. The van der Waals surface area contributed by atoms with E-state index in [1.54, 1.807) is 0 Å². The molecule has 6 nitrogen and oxygen atoms in total. The zero-order valence-corrected chi connectivity index (χ0v) is 18.1. The van der Waals surface area contributed by atoms with Crippen LogP contribution in [-0.4, -0.2) is 42.4 Å². The summed E-state index contributed by atoms with van der Waals surface area (Å²) in [5.41, 5.74) is 5.17. The molecule has 5 rings (SSSR count). The van der Waals surface area contributed by atoms with Gasteiger partial charge in [-0.2, -0.15) is 0 Å². The zero-order valence-electron chi connectivity index (χ0n) is 18.1. The summed E-state index contributed by atoms with van der Waals surface area (Å²) in [4.78, 5) is 14.9. The summed E-state index contributed by atoms with van der Waals surface area (Å²) < 4.78 is 5.39. The second-order valence-corrected chi connectivity index (χ2v) is 7.85. The third kappa shape index (κ3) is 4.91. The summed E-state index contributed by atoms with van der Waals surface area (Å²) in [5.74, 6) is 0.700. The Morgan fingerprint density at radius 3 is 2.21 bits per heavy atom. The van der Waals surface area contributed by atoms with Crippen LogP contribution in [0.4, 0.5) is 11.5 Å². The van der Waals surface area contributed by atoms with Crippen LogP contribution >= 0.6 is 0 Å². The Bertz CT molecular complexity index is 1220. The molecule has 33 heavy (non-hydrogen) atoms. The summed E-state index contributed by atoms with van der Waals surface area (Å²) in [7, 11) is 0. The molecule has 2 heterocycles. The lowest BCUT2D eigenvalue weighted by Crippen LogP contribution is -2.36. The van der Waals surface area contributed by atoms with Gasteiger partial charge in [0.05, 0.1) is 18.9 Å². The van der Waals surface area contributed by atoms with Crippen molar-refractivity contribution < 1.29 is 9.53 Å². The number of benzene rings is 3. The molecule has 1 saturated heterocycles. The van der Waals surface area contributed by atoms with Gasteiger partial charge in [0, 0.05) is 29.9 Å². The van der Waals surface area contributed by atoms with E-state index in [2.05, 4.69) is 32.5 Å². The van der Waals surface area contributed by atoms with Crippen molar-refractivity contribution in [2.24, 2.45) is 0 Å². The van der Waals surface area contributed by atoms with E-state index >= 15 is 0 Å². The topological polar surface area (TPSA) is 67.4 Å². The van der Waals surface area contributed by atoms with E-state index in [9.17, 15) is 4.79 Å². The van der Waals surface area contributed by atoms with Gasteiger partial charge in [-0.3, -0.25) is 4.79 Å². The van der Waals surface area contributed by atoms with E-state index in [1.165, 1.54) is 0 Å². The molecule has 0 unspecified atom stereocenters. The van der Waals surface area contributed by atoms with Gasteiger partial charge in [-0.05, 0) is 47.5 Å². The van der Waals surface area contributed by atoms with Crippen LogP contribution in [0.15, 0.2) is 91.0 Å². The van der Waals surface area contributed by atoms with Gasteiger partial charge in [0.25, 0.3) is 5.91 Å². The molecule has 1 N–H and O–H groups in total. The van der Waals surface area contributed by atoms with Crippen LogP contribution in [0.2, 0.25) is 0 Å². The Morgan fingerprint density at radius 2 is 1.48 bits per heavy atom. The van der Waals surface area contributed by atoms with E-state index < -0.39 is 0 Å². The molecule has 0 radical (unpaired) electrons. The first kappa shape index (κ1) is 20.8. The second-order valence-electron chi connectivity index (χ2n) is 7.85. The number of nitrogens with one attached hydrogen (secondary N) is 1. The predicted molar refractivity (Wildman–Crippen MR) is 130 cm³/mol. The van der Waals surface area contributed by atoms with Crippen LogP contribution in [0.5, 0.6) is 0 Å². The van der Waals surface area contributed by atoms with Crippen molar-refractivity contribution in [1.82, 2.24) is 10.2 Å². The second kappa shape index (κ2) is 9.63. The van der Waals surface area contributed by atoms with Crippen LogP contribution in [-0.2, 0) is 4.74 Å². The summed E-state index contributed by atoms with van der Waals surface area (Å²) in [6, 6.07) is 29.3. The minimum absolute atomic E-state index is 0.152. The number of anilines is 2. The first-order valence-corrected chi connectivity index (χ1v) is 11.0. The molecule has 1 aliphatic heterocycles. The minimum atomic E-state index is -0.152. The van der Waals surface area contributed by atoms with E-state index in [1.807, 2.05) is 78.9 Å². The molecule has 1 fully saturated rings. The van der Waals surface area contributed by atoms with Gasteiger partial charge in [-0.15, -0.1) is 10.2 Å². The van der Waals surface area contributed by atoms with E-state index in [4.69, 9.17) is 4.74 Å². The van der Waals surface area contributed by atoms with Gasteiger partial charge in [0.1, 0.15) is 0 Å². The number of rotatable bonds is 5. The Balaban J connectivity index is 1.28. The Morgan fingerprint density at radius 1 is 0.758 bits per heavy atom. The third-order valence-corrected chi connectivity index (χ3v) is 5.66. The van der Waals surface area contributed by atoms with Crippen molar-refractivity contribution in [3.8, 4) is 22.4 Å². The average Bonchev–Trinajstić information content (AvgIpc) is 2.90. The number of morpholine rings is 1. The molecule has 0 atom stereocenters. The molecular formula is C27H24N4O2. The third-order valence-electron chi connectivity index (χ3n) is 5.66. The van der Waals surface area contributed by atoms with Gasteiger partial charge in [0.2, 0.25) is 0 Å². The maximum absolute atomic E-state index is 12.8. The fraction of sp³-hybridized carbons (Fsp3) is 0.148. The molecule has 0 aliphatic carbocycles. The molecule has 0 bridgehead atoms. The average molecular weight is 437 g/mol. The van der Waals surface area contributed by atoms with Crippen molar-refractivity contribution in [2.45, 2.75) is 0 Å². The highest BCUT2D eigenvalue weighted by Gasteiger charge is 2.13. The zero-order chi connectivity index (χ0) is 22.5. The normalized spacial score (nSPS) is 13.5. The van der Waals surface area contributed by atoms with Crippen LogP contribution < -0.4 is 10.2 Å². The number of amides is 1. The molecule has 1 amide bonds. The maximum atomic E-state index is 12.8. The van der Waals surface area contributed by atoms with Crippen molar-refractivity contribution in [1.29, 1.82) is 0 Å². The standard InChI is InChI=1S/C27H24N4O2/c32-27(22-11-9-21(10-12-22)20-5-2-1-3-6-20)28-24-8-4-7-23(19-24)25-13-14-26(30-29-25)31-15-17-33-18-16-31/h1-14,19H,15-18H2,(H,28,32). The highest BCUT2D eigenvalue weighted by molar-refractivity contribution is 6.04. The number of hydrogen-bond acceptors (Lipinski definition) is 5. The van der Waals surface area contributed by atoms with Crippen molar-refractivity contribution >= 4 is 17.4 Å². The van der Waals surface area contributed by atoms with Gasteiger partial charge in [0.15, 0.2) is 5.82 Å². The van der Waals surface area contributed by atoms with Crippen LogP contribution in [0, 0.1) is 0 Å². The summed E-state index contributed by atoms with van der Waals surface area (Å²) in [6.07, 6.45) is 0. The SMILES string of the molecule is O=C(Nc1cccc(-c2ccc(N3CCOCC3)nn2)c1)c1ccc(-c2ccccc2)cc1. The minimum Gasteiger partial charge on any atom is -0.378 e. The molecular weight excluding hydrogens is 412 g/mol. The molecule has 1 aromatic heterocycles. The van der Waals surface area contributed by atoms with Crippen LogP contribution in [0.25, 0.3) is 22.4 Å². The molecule has 4 aromatic rings. The smallest absolute Gasteiger partial charge is 0.255 e. The highest BCUT2D eigenvalue weighted by atomic mass is 16.5. The number of carbonyl (C=O) groups is 1. The predicted octanol–water partition coefficient (Wildman–Crippen LogP) is 4.90. The highest BCUT2D eigenvalue weighted by Crippen LogP contribution is 2.23. The first-order chi connectivity index (χ1) is 16.3. The van der Waals surface area contributed by atoms with Crippen molar-refractivity contribution in [3.05, 3.63) is 96.6 Å². The van der Waals surface area contributed by atoms with Crippen molar-refractivity contribution in [2.75, 3.05) is 36.5 Å². The van der Waals surface area contributed by atoms with E-state index in [0.29, 0.717) is 24.5 Å². The lowest BCUT2D eigenvalue weighted by Gasteiger charge is -2.27. The number of carbonyl (C=O) groups excluding carboxylic acids is 1. The lowest BCUT2D eigenvalue weighted by atomic mass is 10.0. The number of hydrogen-bond donors (Lipinski definition) is 1. The number of aromatic nitrogens is 2. The van der Waals surface area contributed by atoms with Gasteiger partial charge in [-0.1, -0.05) is 54.6 Å². The maximum Gasteiger partial charge on any atom is 0.255 e. The molecule has 0 saturated carbocycles. The Hall–Kier alpha value is -4.03. The largest absolute Gasteiger partial charge is 0.378 e. The fourth-order valence-electron chi connectivity index (χ4n) is 3.84. The van der Waals surface area contributed by atoms with E-state index in [0.717, 1.165) is 41.3 Å². The van der Waals surface area contributed by atoms with Crippen LogP contribution in [0.1, 0.15) is 10.4 Å². The Kier molecular flexibility index (Phi) is 6.08. The summed E-state index contributed by atoms with van der Waals surface area (Å²) in [5, 5.41) is 11.8. The van der Waals surface area contributed by atoms with Gasteiger partial charge < -0.3 is 15.0 Å². The summed E-state index contributed by atoms with van der Waals surface area (Å²) in [6.45, 7) is 3.06. The number of nitrogens with zero attached hydrogens (tertiary/aromatic N) is 3. The van der Waals surface area contributed by atoms with Crippen molar-refractivity contribution in [3.63, 3.8) is 0 Å². The lowest BCUT2D eigenvalue weighted by molar-refractivity contribution is 0.102. The monoisotopic (exact) mass is 436 g/mol. The molecule has 1 aliphatic rings. The van der Waals surface area contributed by atoms with Crippen LogP contribution in [0.3, 0.4) is 0 Å². The number of ether oxygens (including phenoxy) is 1.